The molecule has 1 fully saturated rings. The molecular weight excluding hydrogens is 344 g/mol. The third-order valence-corrected chi connectivity index (χ3v) is 4.83. The highest BCUT2D eigenvalue weighted by Crippen LogP contribution is 2.25. The van der Waals surface area contributed by atoms with Crippen molar-refractivity contribution >= 4 is 17.8 Å². The van der Waals surface area contributed by atoms with Crippen LogP contribution < -0.4 is 5.32 Å². The highest BCUT2D eigenvalue weighted by atomic mass is 16.4. The summed E-state index contributed by atoms with van der Waals surface area (Å²) in [5.74, 6) is -1.78. The van der Waals surface area contributed by atoms with Gasteiger partial charge in [0.15, 0.2) is 6.04 Å². The summed E-state index contributed by atoms with van der Waals surface area (Å²) >= 11 is 0. The number of aryl methyl sites for hydroxylation is 2. The number of rotatable bonds is 4. The van der Waals surface area contributed by atoms with E-state index in [0.717, 1.165) is 17.5 Å². The standard InChI is InChI=1S/C21H30N2O4/c1-13-9-14(2)11-16(10-13)17(19(25)26)22-18(24)15-7-6-8-23(12-15)20(27)21(3,4)5/h9-11,15,17H,6-8,12H2,1-5H3,(H,22,24)(H,25,26). The lowest BCUT2D eigenvalue weighted by molar-refractivity contribution is -0.145. The fourth-order valence-electron chi connectivity index (χ4n) is 3.57. The van der Waals surface area contributed by atoms with Gasteiger partial charge in [-0.1, -0.05) is 50.1 Å². The molecule has 1 aromatic carbocycles. The number of nitrogens with zero attached hydrogens (tertiary/aromatic N) is 1. The number of hydrogen-bond acceptors (Lipinski definition) is 3. The molecule has 1 aliphatic heterocycles. The minimum atomic E-state index is -1.09. The number of likely N-dealkylation sites (tertiary alicyclic amines) is 1. The van der Waals surface area contributed by atoms with Crippen molar-refractivity contribution in [3.8, 4) is 0 Å². The van der Waals surface area contributed by atoms with E-state index in [0.29, 0.717) is 25.1 Å². The molecule has 2 unspecified atom stereocenters. The number of amides is 2. The van der Waals surface area contributed by atoms with E-state index >= 15 is 0 Å². The van der Waals surface area contributed by atoms with Gasteiger partial charge in [0.25, 0.3) is 0 Å². The Kier molecular flexibility index (Phi) is 6.29. The third kappa shape index (κ3) is 5.31. The third-order valence-electron chi connectivity index (χ3n) is 4.83. The summed E-state index contributed by atoms with van der Waals surface area (Å²) in [7, 11) is 0. The largest absolute Gasteiger partial charge is 0.479 e. The van der Waals surface area contributed by atoms with Crippen LogP contribution in [0.5, 0.6) is 0 Å². The quantitative estimate of drug-likeness (QED) is 0.848. The molecule has 6 nitrogen and oxygen atoms in total. The van der Waals surface area contributed by atoms with Gasteiger partial charge in [-0.2, -0.15) is 0 Å². The number of carbonyl (C=O) groups excluding carboxylic acids is 2. The van der Waals surface area contributed by atoms with Gasteiger partial charge < -0.3 is 15.3 Å². The van der Waals surface area contributed by atoms with Gasteiger partial charge in [0.2, 0.25) is 11.8 Å². The van der Waals surface area contributed by atoms with Crippen molar-refractivity contribution in [3.63, 3.8) is 0 Å². The first kappa shape index (κ1) is 20.9. The van der Waals surface area contributed by atoms with Crippen LogP contribution in [0.25, 0.3) is 0 Å². The van der Waals surface area contributed by atoms with Crippen LogP contribution in [-0.4, -0.2) is 40.9 Å². The minimum Gasteiger partial charge on any atom is -0.479 e. The van der Waals surface area contributed by atoms with Gasteiger partial charge >= 0.3 is 5.97 Å². The Morgan fingerprint density at radius 2 is 1.74 bits per heavy atom. The fourth-order valence-corrected chi connectivity index (χ4v) is 3.57. The number of nitrogens with one attached hydrogen (secondary N) is 1. The van der Waals surface area contributed by atoms with Crippen molar-refractivity contribution in [1.82, 2.24) is 10.2 Å². The van der Waals surface area contributed by atoms with Gasteiger partial charge in [0.1, 0.15) is 0 Å². The van der Waals surface area contributed by atoms with E-state index < -0.39 is 23.3 Å². The molecule has 1 saturated heterocycles. The van der Waals surface area contributed by atoms with Crippen molar-refractivity contribution in [1.29, 1.82) is 0 Å². The number of piperidine rings is 1. The van der Waals surface area contributed by atoms with Gasteiger partial charge in [-0.15, -0.1) is 0 Å². The molecule has 2 amide bonds. The summed E-state index contributed by atoms with van der Waals surface area (Å²) in [5.41, 5.74) is 1.96. The van der Waals surface area contributed by atoms with Crippen molar-refractivity contribution in [2.75, 3.05) is 13.1 Å². The highest BCUT2D eigenvalue weighted by Gasteiger charge is 2.34. The first-order valence-electron chi connectivity index (χ1n) is 9.40. The van der Waals surface area contributed by atoms with Gasteiger partial charge in [-0.05, 0) is 32.3 Å². The zero-order valence-electron chi connectivity index (χ0n) is 16.8. The Balaban J connectivity index is 2.13. The maximum absolute atomic E-state index is 12.8. The smallest absolute Gasteiger partial charge is 0.330 e. The van der Waals surface area contributed by atoms with E-state index in [2.05, 4.69) is 5.32 Å². The molecule has 148 valence electrons. The van der Waals surface area contributed by atoms with Crippen LogP contribution in [0.3, 0.4) is 0 Å². The monoisotopic (exact) mass is 374 g/mol. The summed E-state index contributed by atoms with van der Waals surface area (Å²) in [6.07, 6.45) is 1.39. The summed E-state index contributed by atoms with van der Waals surface area (Å²) < 4.78 is 0. The van der Waals surface area contributed by atoms with E-state index in [1.165, 1.54) is 0 Å². The molecule has 0 aliphatic carbocycles. The summed E-state index contributed by atoms with van der Waals surface area (Å²) in [4.78, 5) is 38.8. The predicted octanol–water partition coefficient (Wildman–Crippen LogP) is 2.83. The lowest BCUT2D eigenvalue weighted by Gasteiger charge is -2.36. The molecule has 0 radical (unpaired) electrons. The van der Waals surface area contributed by atoms with E-state index in [1.807, 2.05) is 40.7 Å². The summed E-state index contributed by atoms with van der Waals surface area (Å²) in [6, 6.07) is 4.43. The Morgan fingerprint density at radius 1 is 1.15 bits per heavy atom. The summed E-state index contributed by atoms with van der Waals surface area (Å²) in [6.45, 7) is 10.3. The molecular formula is C21H30N2O4. The van der Waals surface area contributed by atoms with Gasteiger partial charge in [-0.25, -0.2) is 4.79 Å². The van der Waals surface area contributed by atoms with Gasteiger partial charge in [0, 0.05) is 18.5 Å². The minimum absolute atomic E-state index is 0.0177. The second-order valence-electron chi connectivity index (χ2n) is 8.54. The SMILES string of the molecule is Cc1cc(C)cc(C(NC(=O)C2CCCN(C(=O)C(C)(C)C)C2)C(=O)O)c1. The molecule has 0 spiro atoms. The Bertz CT molecular complexity index is 716. The van der Waals surface area contributed by atoms with Crippen molar-refractivity contribution < 1.29 is 19.5 Å². The maximum Gasteiger partial charge on any atom is 0.330 e. The van der Waals surface area contributed by atoms with Crippen LogP contribution in [-0.2, 0) is 14.4 Å². The van der Waals surface area contributed by atoms with E-state index in [9.17, 15) is 19.5 Å². The van der Waals surface area contributed by atoms with E-state index in [-0.39, 0.29) is 11.8 Å². The lowest BCUT2D eigenvalue weighted by atomic mass is 9.90. The van der Waals surface area contributed by atoms with E-state index in [4.69, 9.17) is 0 Å². The number of carboxylic acid groups (broad SMARTS) is 1. The van der Waals surface area contributed by atoms with Crippen LogP contribution in [0.4, 0.5) is 0 Å². The molecule has 1 aliphatic rings. The molecule has 0 aromatic heterocycles. The van der Waals surface area contributed by atoms with Crippen LogP contribution in [0, 0.1) is 25.2 Å². The molecule has 2 N–H and O–H groups in total. The Hall–Kier alpha value is -2.37. The average Bonchev–Trinajstić information content (AvgIpc) is 2.56. The van der Waals surface area contributed by atoms with Crippen LogP contribution in [0.2, 0.25) is 0 Å². The number of carboxylic acids is 1. The molecule has 2 rings (SSSR count). The first-order chi connectivity index (χ1) is 12.5. The second-order valence-corrected chi connectivity index (χ2v) is 8.54. The zero-order chi connectivity index (χ0) is 20.4. The normalized spacial score (nSPS) is 18.7. The Morgan fingerprint density at radius 3 is 2.26 bits per heavy atom. The van der Waals surface area contributed by atoms with Crippen LogP contribution in [0.15, 0.2) is 18.2 Å². The molecule has 0 saturated carbocycles. The average molecular weight is 374 g/mol. The molecule has 0 bridgehead atoms. The van der Waals surface area contributed by atoms with Crippen molar-refractivity contribution in [3.05, 3.63) is 34.9 Å². The molecule has 1 aromatic rings. The molecule has 6 heteroatoms. The maximum atomic E-state index is 12.8. The zero-order valence-corrected chi connectivity index (χ0v) is 16.8. The first-order valence-corrected chi connectivity index (χ1v) is 9.40. The fraction of sp³-hybridized carbons (Fsp3) is 0.571. The van der Waals surface area contributed by atoms with Crippen molar-refractivity contribution in [2.45, 2.75) is 53.5 Å². The van der Waals surface area contributed by atoms with Gasteiger partial charge in [0.05, 0.1) is 5.92 Å². The second kappa shape index (κ2) is 8.11. The lowest BCUT2D eigenvalue weighted by Crippen LogP contribution is -2.49. The number of hydrogen-bond donors (Lipinski definition) is 2. The predicted molar refractivity (Wildman–Crippen MR) is 103 cm³/mol. The topological polar surface area (TPSA) is 86.7 Å². The summed E-state index contributed by atoms with van der Waals surface area (Å²) in [5, 5.41) is 12.3. The molecule has 2 atom stereocenters. The van der Waals surface area contributed by atoms with Crippen LogP contribution >= 0.6 is 0 Å². The number of aliphatic carboxylic acids is 1. The Labute approximate surface area is 160 Å². The number of benzene rings is 1. The van der Waals surface area contributed by atoms with E-state index in [1.54, 1.807) is 17.0 Å². The highest BCUT2D eigenvalue weighted by molar-refractivity contribution is 5.87. The van der Waals surface area contributed by atoms with Crippen LogP contribution in [0.1, 0.15) is 56.3 Å². The van der Waals surface area contributed by atoms with Crippen molar-refractivity contribution in [2.24, 2.45) is 11.3 Å². The molecule has 27 heavy (non-hydrogen) atoms. The molecule has 1 heterocycles. The number of carbonyl (C=O) groups is 3. The van der Waals surface area contributed by atoms with Gasteiger partial charge in [-0.3, -0.25) is 9.59 Å².